The van der Waals surface area contributed by atoms with Gasteiger partial charge in [-0.1, -0.05) is 33.6 Å². The summed E-state index contributed by atoms with van der Waals surface area (Å²) in [5.41, 5.74) is 2.21. The molecule has 0 aromatic heterocycles. The third kappa shape index (κ3) is 2.88. The van der Waals surface area contributed by atoms with E-state index in [0.717, 1.165) is 34.0 Å². The fraction of sp³-hybridized carbons (Fsp3) is 0.200. The van der Waals surface area contributed by atoms with E-state index in [1.807, 2.05) is 36.4 Å². The molecule has 98 valence electrons. The van der Waals surface area contributed by atoms with Crippen molar-refractivity contribution in [2.45, 2.75) is 12.5 Å². The summed E-state index contributed by atoms with van der Waals surface area (Å²) in [5.74, 6) is 0.953. The Balaban J connectivity index is 1.89. The molecule has 1 atom stereocenters. The predicted molar refractivity (Wildman–Crippen MR) is 82.1 cm³/mol. The van der Waals surface area contributed by atoms with Crippen LogP contribution < -0.4 is 10.1 Å². The molecule has 0 radical (unpaired) electrons. The van der Waals surface area contributed by atoms with Gasteiger partial charge in [-0.3, -0.25) is 0 Å². The van der Waals surface area contributed by atoms with Crippen LogP contribution >= 0.6 is 27.5 Å². The van der Waals surface area contributed by atoms with Gasteiger partial charge in [0.05, 0.1) is 12.6 Å². The van der Waals surface area contributed by atoms with Gasteiger partial charge in [0.15, 0.2) is 0 Å². The van der Waals surface area contributed by atoms with Gasteiger partial charge in [0, 0.05) is 27.2 Å². The van der Waals surface area contributed by atoms with Crippen LogP contribution in [0.25, 0.3) is 0 Å². The number of ether oxygens (including phenoxy) is 1. The van der Waals surface area contributed by atoms with E-state index in [-0.39, 0.29) is 6.04 Å². The molecule has 4 heteroatoms. The van der Waals surface area contributed by atoms with Crippen LogP contribution in [0.15, 0.2) is 46.9 Å². The van der Waals surface area contributed by atoms with Crippen molar-refractivity contribution in [1.29, 1.82) is 0 Å². The molecule has 0 saturated carbocycles. The van der Waals surface area contributed by atoms with Crippen LogP contribution in [0.2, 0.25) is 5.02 Å². The van der Waals surface area contributed by atoms with Gasteiger partial charge in [0.1, 0.15) is 5.75 Å². The number of hydrogen-bond donors (Lipinski definition) is 1. The number of anilines is 1. The number of halogens is 2. The lowest BCUT2D eigenvalue weighted by Gasteiger charge is -2.27. The maximum absolute atomic E-state index is 6.02. The molecule has 1 aliphatic rings. The zero-order chi connectivity index (χ0) is 13.2. The molecule has 2 nitrogen and oxygen atoms in total. The summed E-state index contributed by atoms with van der Waals surface area (Å²) in [6.45, 7) is 0.729. The molecule has 0 spiro atoms. The van der Waals surface area contributed by atoms with E-state index >= 15 is 0 Å². The topological polar surface area (TPSA) is 21.3 Å². The largest absolute Gasteiger partial charge is 0.493 e. The van der Waals surface area contributed by atoms with Crippen LogP contribution in [0.3, 0.4) is 0 Å². The average Bonchev–Trinajstić information content (AvgIpc) is 2.39. The summed E-state index contributed by atoms with van der Waals surface area (Å²) in [6.07, 6.45) is 0.940. The lowest BCUT2D eigenvalue weighted by Crippen LogP contribution is -2.20. The van der Waals surface area contributed by atoms with E-state index in [2.05, 4.69) is 27.3 Å². The summed E-state index contributed by atoms with van der Waals surface area (Å²) < 4.78 is 6.75. The van der Waals surface area contributed by atoms with Gasteiger partial charge in [0.2, 0.25) is 0 Å². The Labute approximate surface area is 125 Å². The highest BCUT2D eigenvalue weighted by atomic mass is 79.9. The minimum Gasteiger partial charge on any atom is -0.493 e. The number of hydrogen-bond acceptors (Lipinski definition) is 2. The lowest BCUT2D eigenvalue weighted by molar-refractivity contribution is 0.274. The van der Waals surface area contributed by atoms with Crippen molar-refractivity contribution >= 4 is 33.2 Å². The van der Waals surface area contributed by atoms with Gasteiger partial charge in [-0.2, -0.15) is 0 Å². The van der Waals surface area contributed by atoms with E-state index < -0.39 is 0 Å². The molecule has 1 unspecified atom stereocenters. The van der Waals surface area contributed by atoms with Crippen LogP contribution in [0, 0.1) is 0 Å². The fourth-order valence-corrected chi connectivity index (χ4v) is 2.86. The van der Waals surface area contributed by atoms with Gasteiger partial charge < -0.3 is 10.1 Å². The second kappa shape index (κ2) is 5.43. The molecule has 0 amide bonds. The van der Waals surface area contributed by atoms with Gasteiger partial charge in [-0.05, 0) is 36.4 Å². The quantitative estimate of drug-likeness (QED) is 0.828. The molecule has 3 rings (SSSR count). The first-order valence-electron chi connectivity index (χ1n) is 6.17. The maximum atomic E-state index is 6.02. The number of nitrogens with one attached hydrogen (secondary N) is 1. The molecular formula is C15H13BrClNO. The fourth-order valence-electron chi connectivity index (χ4n) is 2.29. The molecule has 0 bridgehead atoms. The highest BCUT2D eigenvalue weighted by Gasteiger charge is 2.21. The first kappa shape index (κ1) is 12.8. The number of benzene rings is 2. The molecule has 2 aromatic rings. The molecule has 0 aliphatic carbocycles. The smallest absolute Gasteiger partial charge is 0.124 e. The van der Waals surface area contributed by atoms with Gasteiger partial charge in [0.25, 0.3) is 0 Å². The Morgan fingerprint density at radius 3 is 2.95 bits per heavy atom. The first-order chi connectivity index (χ1) is 9.22. The molecule has 19 heavy (non-hydrogen) atoms. The van der Waals surface area contributed by atoms with Crippen LogP contribution in [0.5, 0.6) is 5.75 Å². The third-order valence-electron chi connectivity index (χ3n) is 3.18. The Kier molecular flexibility index (Phi) is 3.67. The zero-order valence-electron chi connectivity index (χ0n) is 10.2. The van der Waals surface area contributed by atoms with Crippen molar-refractivity contribution in [2.24, 2.45) is 0 Å². The average molecular weight is 339 g/mol. The second-order valence-electron chi connectivity index (χ2n) is 4.53. The summed E-state index contributed by atoms with van der Waals surface area (Å²) in [6, 6.07) is 14.2. The van der Waals surface area contributed by atoms with Gasteiger partial charge in [-0.15, -0.1) is 0 Å². The summed E-state index contributed by atoms with van der Waals surface area (Å²) in [5, 5.41) is 4.26. The normalized spacial score (nSPS) is 17.5. The summed E-state index contributed by atoms with van der Waals surface area (Å²) in [7, 11) is 0. The Morgan fingerprint density at radius 1 is 1.21 bits per heavy atom. The van der Waals surface area contributed by atoms with Crippen molar-refractivity contribution < 1.29 is 4.74 Å². The predicted octanol–water partition coefficient (Wildman–Crippen LogP) is 5.04. The maximum Gasteiger partial charge on any atom is 0.124 e. The molecule has 1 aliphatic heterocycles. The Hall–Kier alpha value is -1.19. The summed E-state index contributed by atoms with van der Waals surface area (Å²) in [4.78, 5) is 0. The molecule has 0 saturated heterocycles. The summed E-state index contributed by atoms with van der Waals surface area (Å²) >= 11 is 9.53. The van der Waals surface area contributed by atoms with Crippen molar-refractivity contribution in [3.8, 4) is 5.75 Å². The molecule has 1 N–H and O–H groups in total. The van der Waals surface area contributed by atoms with Crippen LogP contribution in [0.4, 0.5) is 5.69 Å². The van der Waals surface area contributed by atoms with E-state index in [1.165, 1.54) is 5.56 Å². The highest BCUT2D eigenvalue weighted by molar-refractivity contribution is 9.10. The molecular weight excluding hydrogens is 326 g/mol. The second-order valence-corrected chi connectivity index (χ2v) is 5.88. The highest BCUT2D eigenvalue weighted by Crippen LogP contribution is 2.36. The van der Waals surface area contributed by atoms with Crippen LogP contribution in [-0.2, 0) is 0 Å². The molecule has 0 fully saturated rings. The van der Waals surface area contributed by atoms with E-state index in [0.29, 0.717) is 0 Å². The van der Waals surface area contributed by atoms with Gasteiger partial charge in [-0.25, -0.2) is 0 Å². The number of rotatable bonds is 2. The Bertz CT molecular complexity index is 602. The van der Waals surface area contributed by atoms with Crippen molar-refractivity contribution in [3.05, 3.63) is 57.5 Å². The number of fused-ring (bicyclic) bond motifs is 1. The SMILES string of the molecule is Clc1cccc(NC2CCOc3ccc(Br)cc32)c1. The van der Waals surface area contributed by atoms with E-state index in [4.69, 9.17) is 16.3 Å². The Morgan fingerprint density at radius 2 is 2.11 bits per heavy atom. The molecule has 2 aromatic carbocycles. The van der Waals surface area contributed by atoms with Crippen molar-refractivity contribution in [2.75, 3.05) is 11.9 Å². The van der Waals surface area contributed by atoms with Gasteiger partial charge >= 0.3 is 0 Å². The monoisotopic (exact) mass is 337 g/mol. The van der Waals surface area contributed by atoms with Crippen LogP contribution in [0.1, 0.15) is 18.0 Å². The first-order valence-corrected chi connectivity index (χ1v) is 7.34. The van der Waals surface area contributed by atoms with Crippen LogP contribution in [-0.4, -0.2) is 6.61 Å². The van der Waals surface area contributed by atoms with Crippen molar-refractivity contribution in [1.82, 2.24) is 0 Å². The lowest BCUT2D eigenvalue weighted by atomic mass is 10.0. The minimum atomic E-state index is 0.250. The molecule has 1 heterocycles. The third-order valence-corrected chi connectivity index (χ3v) is 3.91. The minimum absolute atomic E-state index is 0.250. The van der Waals surface area contributed by atoms with E-state index in [9.17, 15) is 0 Å². The van der Waals surface area contributed by atoms with E-state index in [1.54, 1.807) is 0 Å². The van der Waals surface area contributed by atoms with Crippen molar-refractivity contribution in [3.63, 3.8) is 0 Å². The zero-order valence-corrected chi connectivity index (χ0v) is 12.5. The standard InChI is InChI=1S/C15H13BrClNO/c16-10-4-5-15-13(8-10)14(6-7-19-15)18-12-3-1-2-11(17)9-12/h1-5,8-9,14,18H,6-7H2.